The lowest BCUT2D eigenvalue weighted by Crippen LogP contribution is -2.49. The van der Waals surface area contributed by atoms with Gasteiger partial charge in [-0.15, -0.1) is 0 Å². The van der Waals surface area contributed by atoms with Crippen molar-refractivity contribution in [3.63, 3.8) is 0 Å². The molecule has 0 radical (unpaired) electrons. The predicted octanol–water partition coefficient (Wildman–Crippen LogP) is 3.90. The number of benzene rings is 1. The van der Waals surface area contributed by atoms with Crippen molar-refractivity contribution in [2.75, 3.05) is 11.9 Å². The number of nitriles is 1. The van der Waals surface area contributed by atoms with Gasteiger partial charge < -0.3 is 10.6 Å². The first-order chi connectivity index (χ1) is 10.5. The molecule has 4 nitrogen and oxygen atoms in total. The summed E-state index contributed by atoms with van der Waals surface area (Å²) in [6.45, 7) is 2.18. The highest BCUT2D eigenvalue weighted by Gasteiger charge is 2.32. The van der Waals surface area contributed by atoms with Crippen LogP contribution in [0.1, 0.15) is 44.1 Å². The highest BCUT2D eigenvalue weighted by Crippen LogP contribution is 2.26. The summed E-state index contributed by atoms with van der Waals surface area (Å²) in [5.41, 5.74) is 1.33. The van der Waals surface area contributed by atoms with E-state index in [-0.39, 0.29) is 12.5 Å². The fraction of sp³-hybridized carbons (Fsp3) is 0.529. The number of hydrogen-bond acceptors (Lipinski definition) is 3. The fourth-order valence-electron chi connectivity index (χ4n) is 2.91. The van der Waals surface area contributed by atoms with Crippen molar-refractivity contribution in [3.8, 4) is 6.07 Å². The molecule has 0 unspecified atom stereocenters. The fourth-order valence-corrected chi connectivity index (χ4v) is 3.38. The molecule has 0 saturated heterocycles. The summed E-state index contributed by atoms with van der Waals surface area (Å²) in [6.07, 6.45) is 5.82. The van der Waals surface area contributed by atoms with Crippen LogP contribution in [0.3, 0.4) is 0 Å². The Hall–Kier alpha value is -1.54. The first-order valence-corrected chi connectivity index (χ1v) is 8.56. The van der Waals surface area contributed by atoms with Gasteiger partial charge in [0.1, 0.15) is 5.54 Å². The van der Waals surface area contributed by atoms with Gasteiger partial charge in [0.25, 0.3) is 0 Å². The number of carbonyl (C=O) groups excluding carboxylic acids is 1. The molecule has 1 aliphatic rings. The SMILES string of the molecule is Cc1cc(Br)ccc1NCC(=O)NC1(C#N)CCCCCC1. The van der Waals surface area contributed by atoms with Gasteiger partial charge in [0.15, 0.2) is 0 Å². The van der Waals surface area contributed by atoms with Gasteiger partial charge in [-0.2, -0.15) is 5.26 Å². The zero-order valence-electron chi connectivity index (χ0n) is 12.9. The Balaban J connectivity index is 1.93. The Morgan fingerprint density at radius 2 is 2.00 bits per heavy atom. The van der Waals surface area contributed by atoms with E-state index in [1.165, 1.54) is 0 Å². The maximum absolute atomic E-state index is 12.2. The summed E-state index contributed by atoms with van der Waals surface area (Å²) in [7, 11) is 0. The molecule has 0 bridgehead atoms. The zero-order chi connectivity index (χ0) is 16.0. The number of amides is 1. The standard InChI is InChI=1S/C17H22BrN3O/c1-13-10-14(18)6-7-15(13)20-11-16(22)21-17(12-19)8-4-2-3-5-9-17/h6-7,10,20H,2-5,8-9,11H2,1H3,(H,21,22). The second kappa shape index (κ2) is 7.64. The van der Waals surface area contributed by atoms with Gasteiger partial charge >= 0.3 is 0 Å². The molecule has 1 aromatic rings. The first kappa shape index (κ1) is 16.8. The molecule has 0 aliphatic heterocycles. The Morgan fingerprint density at radius 3 is 2.59 bits per heavy atom. The van der Waals surface area contributed by atoms with E-state index in [4.69, 9.17) is 0 Å². The number of halogens is 1. The van der Waals surface area contributed by atoms with Crippen molar-refractivity contribution in [2.24, 2.45) is 0 Å². The molecule has 0 aromatic heterocycles. The Kier molecular flexibility index (Phi) is 5.84. The van der Waals surface area contributed by atoms with E-state index < -0.39 is 5.54 Å². The number of anilines is 1. The van der Waals surface area contributed by atoms with Crippen LogP contribution in [0.15, 0.2) is 22.7 Å². The molecular weight excluding hydrogens is 342 g/mol. The minimum absolute atomic E-state index is 0.120. The number of hydrogen-bond donors (Lipinski definition) is 2. The molecule has 0 atom stereocenters. The molecule has 1 saturated carbocycles. The normalized spacial score (nSPS) is 17.1. The lowest BCUT2D eigenvalue weighted by atomic mass is 9.92. The summed E-state index contributed by atoms with van der Waals surface area (Å²) in [4.78, 5) is 12.2. The van der Waals surface area contributed by atoms with E-state index in [9.17, 15) is 10.1 Å². The van der Waals surface area contributed by atoms with Gasteiger partial charge in [-0.1, -0.05) is 41.6 Å². The van der Waals surface area contributed by atoms with Crippen molar-refractivity contribution in [2.45, 2.75) is 51.0 Å². The molecule has 2 rings (SSSR count). The van der Waals surface area contributed by atoms with Gasteiger partial charge in [0, 0.05) is 10.2 Å². The second-order valence-electron chi connectivity index (χ2n) is 5.97. The van der Waals surface area contributed by atoms with Crippen molar-refractivity contribution in [1.29, 1.82) is 5.26 Å². The second-order valence-corrected chi connectivity index (χ2v) is 6.88. The van der Waals surface area contributed by atoms with Crippen LogP contribution in [0, 0.1) is 18.3 Å². The first-order valence-electron chi connectivity index (χ1n) is 7.77. The van der Waals surface area contributed by atoms with Gasteiger partial charge in [-0.25, -0.2) is 0 Å². The van der Waals surface area contributed by atoms with Crippen LogP contribution in [0.2, 0.25) is 0 Å². The molecule has 1 amide bonds. The predicted molar refractivity (Wildman–Crippen MR) is 91.6 cm³/mol. The molecule has 1 fully saturated rings. The third-order valence-corrected chi connectivity index (χ3v) is 4.67. The third-order valence-electron chi connectivity index (χ3n) is 4.18. The lowest BCUT2D eigenvalue weighted by molar-refractivity contribution is -0.120. The highest BCUT2D eigenvalue weighted by molar-refractivity contribution is 9.10. The lowest BCUT2D eigenvalue weighted by Gasteiger charge is -2.26. The van der Waals surface area contributed by atoms with Crippen LogP contribution in [-0.4, -0.2) is 18.0 Å². The van der Waals surface area contributed by atoms with E-state index >= 15 is 0 Å². The van der Waals surface area contributed by atoms with Crippen molar-refractivity contribution in [1.82, 2.24) is 5.32 Å². The quantitative estimate of drug-likeness (QED) is 0.797. The van der Waals surface area contributed by atoms with E-state index in [0.717, 1.165) is 54.2 Å². The summed E-state index contributed by atoms with van der Waals surface area (Å²) >= 11 is 3.42. The Labute approximate surface area is 140 Å². The Morgan fingerprint density at radius 1 is 1.32 bits per heavy atom. The zero-order valence-corrected chi connectivity index (χ0v) is 14.5. The highest BCUT2D eigenvalue weighted by atomic mass is 79.9. The van der Waals surface area contributed by atoms with Gasteiger partial charge in [-0.05, 0) is 43.5 Å². The summed E-state index contributed by atoms with van der Waals surface area (Å²) < 4.78 is 1.02. The monoisotopic (exact) mass is 363 g/mol. The number of nitrogens with one attached hydrogen (secondary N) is 2. The molecule has 5 heteroatoms. The minimum atomic E-state index is -0.677. The van der Waals surface area contributed by atoms with Crippen molar-refractivity contribution in [3.05, 3.63) is 28.2 Å². The van der Waals surface area contributed by atoms with Crippen LogP contribution < -0.4 is 10.6 Å². The Bertz CT molecular complexity index is 572. The number of rotatable bonds is 4. The van der Waals surface area contributed by atoms with E-state index in [1.54, 1.807) is 0 Å². The molecule has 118 valence electrons. The van der Waals surface area contributed by atoms with Crippen LogP contribution in [0.4, 0.5) is 5.69 Å². The molecule has 22 heavy (non-hydrogen) atoms. The summed E-state index contributed by atoms with van der Waals surface area (Å²) in [5, 5.41) is 15.6. The average Bonchev–Trinajstić information content (AvgIpc) is 2.72. The summed E-state index contributed by atoms with van der Waals surface area (Å²) in [5.74, 6) is -0.120. The number of carbonyl (C=O) groups is 1. The van der Waals surface area contributed by atoms with E-state index in [1.807, 2.05) is 25.1 Å². The molecular formula is C17H22BrN3O. The van der Waals surface area contributed by atoms with Crippen molar-refractivity contribution < 1.29 is 4.79 Å². The number of aryl methyl sites for hydroxylation is 1. The van der Waals surface area contributed by atoms with Gasteiger partial charge in [0.2, 0.25) is 5.91 Å². The van der Waals surface area contributed by atoms with Crippen LogP contribution in [0.5, 0.6) is 0 Å². The smallest absolute Gasteiger partial charge is 0.240 e. The maximum atomic E-state index is 12.2. The third kappa shape index (κ3) is 4.48. The molecule has 1 aromatic carbocycles. The van der Waals surface area contributed by atoms with E-state index in [2.05, 4.69) is 32.6 Å². The van der Waals surface area contributed by atoms with Gasteiger partial charge in [0.05, 0.1) is 12.6 Å². The van der Waals surface area contributed by atoms with Crippen LogP contribution in [0.25, 0.3) is 0 Å². The van der Waals surface area contributed by atoms with Gasteiger partial charge in [-0.3, -0.25) is 4.79 Å². The summed E-state index contributed by atoms with van der Waals surface area (Å²) in [6, 6.07) is 8.22. The van der Waals surface area contributed by atoms with Crippen LogP contribution >= 0.6 is 15.9 Å². The van der Waals surface area contributed by atoms with Crippen LogP contribution in [-0.2, 0) is 4.79 Å². The largest absolute Gasteiger partial charge is 0.376 e. The molecule has 1 aliphatic carbocycles. The number of nitrogens with zero attached hydrogens (tertiary/aromatic N) is 1. The minimum Gasteiger partial charge on any atom is -0.376 e. The average molecular weight is 364 g/mol. The molecule has 0 heterocycles. The van der Waals surface area contributed by atoms with E-state index in [0.29, 0.717) is 0 Å². The molecule has 0 spiro atoms. The molecule has 2 N–H and O–H groups in total. The maximum Gasteiger partial charge on any atom is 0.240 e. The van der Waals surface area contributed by atoms with Crippen molar-refractivity contribution >= 4 is 27.5 Å². The topological polar surface area (TPSA) is 64.9 Å².